The molecule has 0 spiro atoms. The van der Waals surface area contributed by atoms with E-state index in [0.717, 1.165) is 13.1 Å². The van der Waals surface area contributed by atoms with Gasteiger partial charge in [-0.1, -0.05) is 15.9 Å². The highest BCUT2D eigenvalue weighted by atomic mass is 79.9. The summed E-state index contributed by atoms with van der Waals surface area (Å²) in [7, 11) is 4.16. The number of benzene rings is 1. The molecule has 0 amide bonds. The van der Waals surface area contributed by atoms with Crippen LogP contribution in [0.3, 0.4) is 0 Å². The van der Waals surface area contributed by atoms with Gasteiger partial charge in [0.25, 0.3) is 0 Å². The van der Waals surface area contributed by atoms with Crippen LogP contribution in [0, 0.1) is 6.92 Å². The van der Waals surface area contributed by atoms with Gasteiger partial charge in [0.2, 0.25) is 0 Å². The first kappa shape index (κ1) is 13.0. The number of nitrogens with zero attached hydrogens (tertiary/aromatic N) is 1. The summed E-state index contributed by atoms with van der Waals surface area (Å²) in [5.74, 6) is 0. The fraction of sp³-hybridized carbons (Fsp3) is 0.455. The molecule has 84 valence electrons. The molecule has 0 aromatic heterocycles. The van der Waals surface area contributed by atoms with Crippen molar-refractivity contribution in [3.63, 3.8) is 0 Å². The van der Waals surface area contributed by atoms with Crippen LogP contribution in [-0.2, 0) is 0 Å². The van der Waals surface area contributed by atoms with Crippen LogP contribution in [0.25, 0.3) is 0 Å². The first-order valence-electron chi connectivity index (χ1n) is 4.90. The van der Waals surface area contributed by atoms with Gasteiger partial charge in [-0.2, -0.15) is 0 Å². The molecule has 1 rings (SSSR count). The van der Waals surface area contributed by atoms with E-state index in [4.69, 9.17) is 0 Å². The molecule has 0 aliphatic heterocycles. The summed E-state index contributed by atoms with van der Waals surface area (Å²) in [6, 6.07) is 6.38. The van der Waals surface area contributed by atoms with Gasteiger partial charge >= 0.3 is 0 Å². The average Bonchev–Trinajstić information content (AvgIpc) is 2.18. The molecule has 0 bridgehead atoms. The monoisotopic (exact) mass is 288 g/mol. The highest BCUT2D eigenvalue weighted by molar-refractivity contribution is 9.10. The number of hydrogen-bond donors (Lipinski definition) is 1. The molecule has 1 aromatic rings. The average molecular weight is 289 g/mol. The molecule has 0 fully saturated rings. The summed E-state index contributed by atoms with van der Waals surface area (Å²) in [6.45, 7) is 4.16. The Hall–Kier alpha value is -0.0300. The van der Waals surface area contributed by atoms with Crippen LogP contribution in [0.15, 0.2) is 27.6 Å². The number of nitrogens with one attached hydrogen (secondary N) is 1. The Morgan fingerprint density at radius 2 is 2.13 bits per heavy atom. The van der Waals surface area contributed by atoms with Gasteiger partial charge in [-0.3, -0.25) is 4.72 Å². The molecule has 0 heterocycles. The topological polar surface area (TPSA) is 15.3 Å². The molecule has 0 saturated carbocycles. The van der Waals surface area contributed by atoms with Gasteiger partial charge in [0.1, 0.15) is 0 Å². The minimum absolute atomic E-state index is 0.993. The highest BCUT2D eigenvalue weighted by Crippen LogP contribution is 2.22. The Kier molecular flexibility index (Phi) is 5.68. The van der Waals surface area contributed by atoms with Crippen molar-refractivity contribution < 1.29 is 0 Å². The van der Waals surface area contributed by atoms with E-state index in [1.165, 1.54) is 14.9 Å². The lowest BCUT2D eigenvalue weighted by atomic mass is 10.2. The van der Waals surface area contributed by atoms with Crippen molar-refractivity contribution in [3.8, 4) is 0 Å². The fourth-order valence-electron chi connectivity index (χ4n) is 1.08. The highest BCUT2D eigenvalue weighted by Gasteiger charge is 1.98. The van der Waals surface area contributed by atoms with Crippen molar-refractivity contribution >= 4 is 27.9 Å². The number of likely N-dealkylation sites (N-methyl/N-ethyl adjacent to an activating group) is 1. The smallest absolute Gasteiger partial charge is 0.0231 e. The zero-order valence-corrected chi connectivity index (χ0v) is 11.8. The van der Waals surface area contributed by atoms with Crippen LogP contribution in [0.5, 0.6) is 0 Å². The lowest BCUT2D eigenvalue weighted by Crippen LogP contribution is -2.22. The normalized spacial score (nSPS) is 11.0. The third kappa shape index (κ3) is 5.02. The molecule has 0 saturated heterocycles. The molecule has 1 N–H and O–H groups in total. The van der Waals surface area contributed by atoms with Crippen molar-refractivity contribution in [3.05, 3.63) is 28.2 Å². The van der Waals surface area contributed by atoms with Crippen molar-refractivity contribution in [2.75, 3.05) is 27.2 Å². The van der Waals surface area contributed by atoms with E-state index in [2.05, 4.69) is 64.8 Å². The Bertz CT molecular complexity index is 315. The zero-order chi connectivity index (χ0) is 11.3. The Balaban J connectivity index is 2.35. The minimum Gasteiger partial charge on any atom is -0.308 e. The van der Waals surface area contributed by atoms with E-state index < -0.39 is 0 Å². The maximum atomic E-state index is 3.49. The van der Waals surface area contributed by atoms with Gasteiger partial charge in [0.05, 0.1) is 0 Å². The first-order chi connectivity index (χ1) is 7.09. The third-order valence-corrected chi connectivity index (χ3v) is 3.71. The Morgan fingerprint density at radius 1 is 1.40 bits per heavy atom. The standard InChI is InChI=1S/C11H17BrN2S/c1-9-8-10(4-5-11(9)12)15-13-6-7-14(2)3/h4-5,8,13H,6-7H2,1-3H3. The summed E-state index contributed by atoms with van der Waals surface area (Å²) >= 11 is 5.18. The molecule has 1 aromatic carbocycles. The molecule has 0 radical (unpaired) electrons. The largest absolute Gasteiger partial charge is 0.308 e. The van der Waals surface area contributed by atoms with E-state index in [-0.39, 0.29) is 0 Å². The van der Waals surface area contributed by atoms with Crippen LogP contribution in [0.2, 0.25) is 0 Å². The fourth-order valence-corrected chi connectivity index (χ4v) is 2.06. The third-order valence-electron chi connectivity index (χ3n) is 1.98. The SMILES string of the molecule is Cc1cc(SNCCN(C)C)ccc1Br. The van der Waals surface area contributed by atoms with E-state index in [1.54, 1.807) is 11.9 Å². The molecule has 2 nitrogen and oxygen atoms in total. The van der Waals surface area contributed by atoms with Gasteiger partial charge in [0, 0.05) is 22.5 Å². The van der Waals surface area contributed by atoms with E-state index >= 15 is 0 Å². The number of hydrogen-bond acceptors (Lipinski definition) is 3. The van der Waals surface area contributed by atoms with Gasteiger partial charge < -0.3 is 4.90 Å². The maximum absolute atomic E-state index is 3.49. The van der Waals surface area contributed by atoms with Gasteiger partial charge in [0.15, 0.2) is 0 Å². The lowest BCUT2D eigenvalue weighted by molar-refractivity contribution is 0.415. The van der Waals surface area contributed by atoms with Crippen LogP contribution >= 0.6 is 27.9 Å². The summed E-state index contributed by atoms with van der Waals surface area (Å²) in [5, 5.41) is 0. The zero-order valence-electron chi connectivity index (χ0n) is 9.38. The van der Waals surface area contributed by atoms with Crippen molar-refractivity contribution in [2.45, 2.75) is 11.8 Å². The van der Waals surface area contributed by atoms with Gasteiger partial charge in [-0.25, -0.2) is 0 Å². The second-order valence-electron chi connectivity index (χ2n) is 3.71. The molecular weight excluding hydrogens is 272 g/mol. The number of halogens is 1. The van der Waals surface area contributed by atoms with Gasteiger partial charge in [-0.05, 0) is 56.7 Å². The second kappa shape index (κ2) is 6.53. The molecule has 0 atom stereocenters. The predicted octanol–water partition coefficient (Wildman–Crippen LogP) is 2.92. The van der Waals surface area contributed by atoms with Gasteiger partial charge in [-0.15, -0.1) is 0 Å². The molecular formula is C11H17BrN2S. The summed E-state index contributed by atoms with van der Waals surface area (Å²) in [4.78, 5) is 3.43. The molecule has 0 aliphatic rings. The predicted molar refractivity (Wildman–Crippen MR) is 71.3 cm³/mol. The van der Waals surface area contributed by atoms with Crippen LogP contribution in [0.4, 0.5) is 0 Å². The quantitative estimate of drug-likeness (QED) is 0.663. The number of rotatable bonds is 5. The Labute approximate surface area is 105 Å². The number of aryl methyl sites for hydroxylation is 1. The van der Waals surface area contributed by atoms with Crippen molar-refractivity contribution in [1.82, 2.24) is 9.62 Å². The van der Waals surface area contributed by atoms with Crippen LogP contribution in [0.1, 0.15) is 5.56 Å². The summed E-state index contributed by atoms with van der Waals surface area (Å²) < 4.78 is 4.51. The van der Waals surface area contributed by atoms with Crippen molar-refractivity contribution in [2.24, 2.45) is 0 Å². The molecule has 0 aliphatic carbocycles. The maximum Gasteiger partial charge on any atom is 0.0231 e. The van der Waals surface area contributed by atoms with Crippen molar-refractivity contribution in [1.29, 1.82) is 0 Å². The molecule has 0 unspecified atom stereocenters. The van der Waals surface area contributed by atoms with E-state index in [1.807, 2.05) is 0 Å². The van der Waals surface area contributed by atoms with Crippen LogP contribution in [-0.4, -0.2) is 32.1 Å². The van der Waals surface area contributed by atoms with E-state index in [9.17, 15) is 0 Å². The minimum atomic E-state index is 0.993. The summed E-state index contributed by atoms with van der Waals surface area (Å²) in [5.41, 5.74) is 1.27. The Morgan fingerprint density at radius 3 is 2.73 bits per heavy atom. The summed E-state index contributed by atoms with van der Waals surface area (Å²) in [6.07, 6.45) is 0. The second-order valence-corrected chi connectivity index (χ2v) is 5.53. The first-order valence-corrected chi connectivity index (χ1v) is 6.51. The molecule has 15 heavy (non-hydrogen) atoms. The molecule has 4 heteroatoms. The van der Waals surface area contributed by atoms with Crippen LogP contribution < -0.4 is 4.72 Å². The lowest BCUT2D eigenvalue weighted by Gasteiger charge is -2.10. The van der Waals surface area contributed by atoms with E-state index in [0.29, 0.717) is 0 Å².